The predicted molar refractivity (Wildman–Crippen MR) is 87.9 cm³/mol. The summed E-state index contributed by atoms with van der Waals surface area (Å²) < 4.78 is 5.86. The Hall–Kier alpha value is -2.21. The highest BCUT2D eigenvalue weighted by Gasteiger charge is 2.27. The maximum atomic E-state index is 12.2. The van der Waals surface area contributed by atoms with Crippen LogP contribution in [-0.2, 0) is 4.74 Å². The summed E-state index contributed by atoms with van der Waals surface area (Å²) in [5.41, 5.74) is 0.927. The Balaban J connectivity index is 1.50. The zero-order chi connectivity index (χ0) is 17.1. The summed E-state index contributed by atoms with van der Waals surface area (Å²) in [6, 6.07) is 4.51. The molecule has 1 saturated carbocycles. The quantitative estimate of drug-likeness (QED) is 0.638. The van der Waals surface area contributed by atoms with Crippen molar-refractivity contribution in [2.24, 2.45) is 5.92 Å². The van der Waals surface area contributed by atoms with Gasteiger partial charge in [0.1, 0.15) is 0 Å². The molecule has 6 nitrogen and oxygen atoms in total. The Morgan fingerprint density at radius 1 is 1.21 bits per heavy atom. The molecule has 0 aromatic heterocycles. The third-order valence-electron chi connectivity index (χ3n) is 4.75. The van der Waals surface area contributed by atoms with Crippen molar-refractivity contribution in [1.29, 1.82) is 0 Å². The van der Waals surface area contributed by atoms with Crippen LogP contribution in [0.25, 0.3) is 0 Å². The first-order valence-corrected chi connectivity index (χ1v) is 8.46. The molecule has 1 heterocycles. The molecule has 1 aromatic carbocycles. The molecule has 0 spiro atoms. The van der Waals surface area contributed by atoms with Crippen molar-refractivity contribution in [3.8, 4) is 0 Å². The number of nitrogens with one attached hydrogen (secondary N) is 2. The van der Waals surface area contributed by atoms with Crippen molar-refractivity contribution in [2.45, 2.75) is 38.7 Å². The first-order valence-electron chi connectivity index (χ1n) is 8.46. The van der Waals surface area contributed by atoms with Gasteiger partial charge in [0.25, 0.3) is 17.7 Å². The molecule has 3 amide bonds. The van der Waals surface area contributed by atoms with Gasteiger partial charge >= 0.3 is 0 Å². The van der Waals surface area contributed by atoms with Crippen LogP contribution in [0.5, 0.6) is 0 Å². The normalized spacial score (nSPS) is 22.9. The van der Waals surface area contributed by atoms with Gasteiger partial charge in [0.2, 0.25) is 0 Å². The van der Waals surface area contributed by atoms with Gasteiger partial charge in [-0.1, -0.05) is 19.8 Å². The first-order chi connectivity index (χ1) is 11.6. The van der Waals surface area contributed by atoms with Crippen LogP contribution in [0.4, 0.5) is 0 Å². The Morgan fingerprint density at radius 2 is 1.96 bits per heavy atom. The summed E-state index contributed by atoms with van der Waals surface area (Å²) in [4.78, 5) is 35.3. The fourth-order valence-corrected chi connectivity index (χ4v) is 3.32. The van der Waals surface area contributed by atoms with E-state index in [4.69, 9.17) is 4.74 Å². The van der Waals surface area contributed by atoms with E-state index in [-0.39, 0.29) is 17.6 Å². The van der Waals surface area contributed by atoms with Crippen molar-refractivity contribution in [1.82, 2.24) is 10.6 Å². The highest BCUT2D eigenvalue weighted by atomic mass is 16.5. The van der Waals surface area contributed by atoms with Gasteiger partial charge in [0, 0.05) is 12.1 Å². The van der Waals surface area contributed by atoms with Gasteiger partial charge in [-0.05, 0) is 37.0 Å². The number of hydrogen-bond acceptors (Lipinski definition) is 4. The van der Waals surface area contributed by atoms with Crippen molar-refractivity contribution in [3.05, 3.63) is 34.9 Å². The summed E-state index contributed by atoms with van der Waals surface area (Å²) in [5.74, 6) is -0.580. The van der Waals surface area contributed by atoms with E-state index in [1.807, 2.05) is 0 Å². The highest BCUT2D eigenvalue weighted by Crippen LogP contribution is 2.26. The average molecular weight is 330 g/mol. The fourth-order valence-electron chi connectivity index (χ4n) is 3.32. The Morgan fingerprint density at radius 3 is 2.75 bits per heavy atom. The monoisotopic (exact) mass is 330 g/mol. The van der Waals surface area contributed by atoms with Crippen molar-refractivity contribution in [3.63, 3.8) is 0 Å². The SMILES string of the molecule is C[C@@H]1CCCC[C@@H]1OCCNC(=O)c1ccc2c(c1)C(=O)NC2=O. The molecule has 0 saturated heterocycles. The average Bonchev–Trinajstić information content (AvgIpc) is 2.87. The number of rotatable bonds is 5. The van der Waals surface area contributed by atoms with E-state index in [0.717, 1.165) is 6.42 Å². The zero-order valence-corrected chi connectivity index (χ0v) is 13.8. The molecule has 1 aromatic rings. The van der Waals surface area contributed by atoms with Gasteiger partial charge in [0.05, 0.1) is 23.8 Å². The number of carbonyl (C=O) groups is 3. The lowest BCUT2D eigenvalue weighted by Gasteiger charge is -2.28. The number of fused-ring (bicyclic) bond motifs is 1. The summed E-state index contributed by atoms with van der Waals surface area (Å²) in [5, 5.41) is 5.00. The molecule has 2 N–H and O–H groups in total. The molecule has 1 aliphatic carbocycles. The molecular formula is C18H22N2O4. The minimum atomic E-state index is -0.459. The third kappa shape index (κ3) is 3.48. The van der Waals surface area contributed by atoms with Crippen molar-refractivity contribution >= 4 is 17.7 Å². The van der Waals surface area contributed by atoms with Crippen LogP contribution in [0.15, 0.2) is 18.2 Å². The maximum absolute atomic E-state index is 12.2. The van der Waals surface area contributed by atoms with Gasteiger partial charge in [-0.2, -0.15) is 0 Å². The smallest absolute Gasteiger partial charge is 0.258 e. The molecule has 0 bridgehead atoms. The fraction of sp³-hybridized carbons (Fsp3) is 0.500. The Kier molecular flexibility index (Phi) is 4.94. The lowest BCUT2D eigenvalue weighted by atomic mass is 9.88. The highest BCUT2D eigenvalue weighted by molar-refractivity contribution is 6.22. The van der Waals surface area contributed by atoms with E-state index < -0.39 is 11.8 Å². The number of carbonyl (C=O) groups excluding carboxylic acids is 3. The lowest BCUT2D eigenvalue weighted by Crippen LogP contribution is -2.31. The van der Waals surface area contributed by atoms with Gasteiger partial charge in [-0.25, -0.2) is 0 Å². The van der Waals surface area contributed by atoms with Crippen LogP contribution >= 0.6 is 0 Å². The molecule has 0 radical (unpaired) electrons. The van der Waals surface area contributed by atoms with E-state index in [1.54, 1.807) is 6.07 Å². The summed E-state index contributed by atoms with van der Waals surface area (Å²) in [6.45, 7) is 3.11. The van der Waals surface area contributed by atoms with Gasteiger partial charge in [-0.15, -0.1) is 0 Å². The number of imide groups is 1. The number of ether oxygens (including phenoxy) is 1. The molecule has 3 rings (SSSR count). The van der Waals surface area contributed by atoms with Crippen LogP contribution in [0.3, 0.4) is 0 Å². The topological polar surface area (TPSA) is 84.5 Å². The van der Waals surface area contributed by atoms with Crippen molar-refractivity contribution < 1.29 is 19.1 Å². The third-order valence-corrected chi connectivity index (χ3v) is 4.75. The summed E-state index contributed by atoms with van der Waals surface area (Å²) >= 11 is 0. The Labute approximate surface area is 140 Å². The second-order valence-corrected chi connectivity index (χ2v) is 6.47. The van der Waals surface area contributed by atoms with E-state index >= 15 is 0 Å². The van der Waals surface area contributed by atoms with Crippen LogP contribution in [0.1, 0.15) is 63.7 Å². The van der Waals surface area contributed by atoms with Crippen LogP contribution in [-0.4, -0.2) is 37.0 Å². The van der Waals surface area contributed by atoms with Gasteiger partial charge in [0.15, 0.2) is 0 Å². The number of hydrogen-bond donors (Lipinski definition) is 2. The number of amides is 3. The minimum Gasteiger partial charge on any atom is -0.376 e. The predicted octanol–water partition coefficient (Wildman–Crippen LogP) is 1.90. The van der Waals surface area contributed by atoms with E-state index in [1.165, 1.54) is 31.4 Å². The molecule has 1 fully saturated rings. The molecule has 1 aliphatic heterocycles. The van der Waals surface area contributed by atoms with E-state index in [0.29, 0.717) is 30.2 Å². The van der Waals surface area contributed by atoms with E-state index in [9.17, 15) is 14.4 Å². The van der Waals surface area contributed by atoms with Crippen molar-refractivity contribution in [2.75, 3.05) is 13.2 Å². The maximum Gasteiger partial charge on any atom is 0.258 e. The van der Waals surface area contributed by atoms with Gasteiger partial charge < -0.3 is 10.1 Å². The van der Waals surface area contributed by atoms with Crippen LogP contribution < -0.4 is 10.6 Å². The first kappa shape index (κ1) is 16.6. The molecular weight excluding hydrogens is 308 g/mol. The van der Waals surface area contributed by atoms with Crippen LogP contribution in [0.2, 0.25) is 0 Å². The lowest BCUT2D eigenvalue weighted by molar-refractivity contribution is -0.00293. The second-order valence-electron chi connectivity index (χ2n) is 6.47. The zero-order valence-electron chi connectivity index (χ0n) is 13.8. The number of benzene rings is 1. The Bertz CT molecular complexity index is 671. The van der Waals surface area contributed by atoms with E-state index in [2.05, 4.69) is 17.6 Å². The van der Waals surface area contributed by atoms with Crippen LogP contribution in [0, 0.1) is 5.92 Å². The molecule has 0 unspecified atom stereocenters. The molecule has 2 atom stereocenters. The summed E-state index contributed by atoms with van der Waals surface area (Å²) in [6.07, 6.45) is 5.05. The standard InChI is InChI=1S/C18H22N2O4/c1-11-4-2-3-5-15(11)24-9-8-19-16(21)12-6-7-13-14(10-12)18(23)20-17(13)22/h6-7,10-11,15H,2-5,8-9H2,1H3,(H,19,21)(H,20,22,23)/t11-,15+/m1/s1. The largest absolute Gasteiger partial charge is 0.376 e. The molecule has 128 valence electrons. The molecule has 2 aliphatic rings. The molecule has 24 heavy (non-hydrogen) atoms. The molecule has 6 heteroatoms. The summed E-state index contributed by atoms with van der Waals surface area (Å²) in [7, 11) is 0. The minimum absolute atomic E-state index is 0.250. The second kappa shape index (κ2) is 7.13. The van der Waals surface area contributed by atoms with Gasteiger partial charge in [-0.3, -0.25) is 19.7 Å².